The number of aliphatic carboxylic acids is 1. The SMILES string of the molecule is CS(=O)(=O)c1ccc(NC(=O)N2CSCC2C(=O)O)cc1. The third-order valence-corrected chi connectivity index (χ3v) is 5.10. The fraction of sp³-hybridized carbons (Fsp3) is 0.333. The largest absolute Gasteiger partial charge is 0.480 e. The summed E-state index contributed by atoms with van der Waals surface area (Å²) in [5.74, 6) is -0.373. The predicted molar refractivity (Wildman–Crippen MR) is 79.2 cm³/mol. The summed E-state index contributed by atoms with van der Waals surface area (Å²) in [5, 5.41) is 11.6. The highest BCUT2D eigenvalue weighted by atomic mass is 32.2. The Kier molecular flexibility index (Phi) is 4.43. The van der Waals surface area contributed by atoms with Gasteiger partial charge in [-0.2, -0.15) is 0 Å². The number of rotatable bonds is 3. The Morgan fingerprint density at radius 1 is 1.33 bits per heavy atom. The lowest BCUT2D eigenvalue weighted by atomic mass is 10.3. The number of amides is 2. The fourth-order valence-corrected chi connectivity index (χ4v) is 3.60. The molecule has 1 aromatic rings. The second kappa shape index (κ2) is 5.94. The molecule has 0 bridgehead atoms. The first kappa shape index (κ1) is 15.6. The van der Waals surface area contributed by atoms with Crippen molar-refractivity contribution < 1.29 is 23.1 Å². The number of carbonyl (C=O) groups is 2. The number of carbonyl (C=O) groups excluding carboxylic acids is 1. The molecule has 114 valence electrons. The maximum absolute atomic E-state index is 12.0. The van der Waals surface area contributed by atoms with Gasteiger partial charge in [0, 0.05) is 17.7 Å². The molecule has 1 aliphatic rings. The Morgan fingerprint density at radius 3 is 2.48 bits per heavy atom. The van der Waals surface area contributed by atoms with Gasteiger partial charge >= 0.3 is 12.0 Å². The Labute approximate surface area is 126 Å². The Balaban J connectivity index is 2.08. The standard InChI is InChI=1S/C12H14N2O5S2/c1-21(18,19)9-4-2-8(3-5-9)13-12(17)14-7-20-6-10(14)11(15)16/h2-5,10H,6-7H2,1H3,(H,13,17)(H,15,16). The minimum atomic E-state index is -3.29. The molecule has 2 amide bonds. The Hall–Kier alpha value is -1.74. The van der Waals surface area contributed by atoms with Gasteiger partial charge in [-0.15, -0.1) is 11.8 Å². The highest BCUT2D eigenvalue weighted by Crippen LogP contribution is 2.22. The van der Waals surface area contributed by atoms with Crippen LogP contribution in [0.1, 0.15) is 0 Å². The highest BCUT2D eigenvalue weighted by molar-refractivity contribution is 7.99. The van der Waals surface area contributed by atoms with E-state index in [9.17, 15) is 18.0 Å². The summed E-state index contributed by atoms with van der Waals surface area (Å²) in [6.07, 6.45) is 1.10. The molecule has 1 fully saturated rings. The molecule has 1 atom stereocenters. The lowest BCUT2D eigenvalue weighted by Crippen LogP contribution is -2.43. The monoisotopic (exact) mass is 330 g/mol. The van der Waals surface area contributed by atoms with E-state index in [4.69, 9.17) is 5.11 Å². The van der Waals surface area contributed by atoms with Crippen molar-refractivity contribution in [2.24, 2.45) is 0 Å². The van der Waals surface area contributed by atoms with Gasteiger partial charge in [-0.05, 0) is 24.3 Å². The van der Waals surface area contributed by atoms with Crippen LogP contribution in [-0.4, -0.2) is 54.4 Å². The molecule has 0 saturated carbocycles. The van der Waals surface area contributed by atoms with Crippen LogP contribution in [0.3, 0.4) is 0 Å². The molecule has 1 saturated heterocycles. The van der Waals surface area contributed by atoms with E-state index in [1.54, 1.807) is 0 Å². The summed E-state index contributed by atoms with van der Waals surface area (Å²) in [5.41, 5.74) is 0.411. The number of sulfone groups is 1. The Morgan fingerprint density at radius 2 is 1.95 bits per heavy atom. The number of benzene rings is 1. The fourth-order valence-electron chi connectivity index (χ4n) is 1.83. The molecule has 1 unspecified atom stereocenters. The molecular weight excluding hydrogens is 316 g/mol. The van der Waals surface area contributed by atoms with Crippen molar-refractivity contribution in [3.8, 4) is 0 Å². The molecule has 0 radical (unpaired) electrons. The van der Waals surface area contributed by atoms with E-state index in [2.05, 4.69) is 5.32 Å². The second-order valence-electron chi connectivity index (χ2n) is 4.55. The smallest absolute Gasteiger partial charge is 0.327 e. The first-order valence-corrected chi connectivity index (χ1v) is 9.02. The van der Waals surface area contributed by atoms with Gasteiger partial charge in [0.1, 0.15) is 6.04 Å². The minimum absolute atomic E-state index is 0.153. The summed E-state index contributed by atoms with van der Waals surface area (Å²) in [7, 11) is -3.29. The molecule has 1 aromatic carbocycles. The highest BCUT2D eigenvalue weighted by Gasteiger charge is 2.34. The van der Waals surface area contributed by atoms with Gasteiger partial charge in [0.2, 0.25) is 0 Å². The molecular formula is C12H14N2O5S2. The van der Waals surface area contributed by atoms with Crippen LogP contribution in [0, 0.1) is 0 Å². The van der Waals surface area contributed by atoms with E-state index in [1.807, 2.05) is 0 Å². The zero-order valence-corrected chi connectivity index (χ0v) is 12.8. The van der Waals surface area contributed by atoms with Crippen molar-refractivity contribution in [3.05, 3.63) is 24.3 Å². The van der Waals surface area contributed by atoms with Crippen LogP contribution in [-0.2, 0) is 14.6 Å². The number of urea groups is 1. The summed E-state index contributed by atoms with van der Waals surface area (Å²) in [6, 6.07) is 4.35. The van der Waals surface area contributed by atoms with Gasteiger partial charge in [0.05, 0.1) is 10.8 Å². The summed E-state index contributed by atoms with van der Waals surface area (Å²) in [4.78, 5) is 24.4. The normalized spacial score (nSPS) is 18.5. The van der Waals surface area contributed by atoms with E-state index >= 15 is 0 Å². The van der Waals surface area contributed by atoms with Gasteiger partial charge in [-0.25, -0.2) is 18.0 Å². The lowest BCUT2D eigenvalue weighted by Gasteiger charge is -2.20. The minimum Gasteiger partial charge on any atom is -0.480 e. The molecule has 1 aliphatic heterocycles. The zero-order valence-electron chi connectivity index (χ0n) is 11.1. The van der Waals surface area contributed by atoms with Crippen molar-refractivity contribution in [2.75, 3.05) is 23.2 Å². The molecule has 2 rings (SSSR count). The van der Waals surface area contributed by atoms with Crippen molar-refractivity contribution in [3.63, 3.8) is 0 Å². The van der Waals surface area contributed by atoms with Crippen LogP contribution in [0.5, 0.6) is 0 Å². The van der Waals surface area contributed by atoms with Crippen molar-refractivity contribution in [1.29, 1.82) is 0 Å². The number of carboxylic acids is 1. The van der Waals surface area contributed by atoms with Crippen LogP contribution in [0.25, 0.3) is 0 Å². The number of anilines is 1. The van der Waals surface area contributed by atoms with Crippen LogP contribution in [0.15, 0.2) is 29.2 Å². The average molecular weight is 330 g/mol. The predicted octanol–water partition coefficient (Wildman–Crippen LogP) is 1.08. The van der Waals surface area contributed by atoms with Crippen molar-refractivity contribution >= 4 is 39.3 Å². The topological polar surface area (TPSA) is 104 Å². The van der Waals surface area contributed by atoms with E-state index < -0.39 is 27.9 Å². The van der Waals surface area contributed by atoms with Gasteiger partial charge in [-0.3, -0.25) is 0 Å². The van der Waals surface area contributed by atoms with E-state index in [1.165, 1.54) is 40.9 Å². The van der Waals surface area contributed by atoms with Crippen LogP contribution < -0.4 is 5.32 Å². The number of nitrogens with one attached hydrogen (secondary N) is 1. The van der Waals surface area contributed by atoms with Crippen LogP contribution >= 0.6 is 11.8 Å². The molecule has 21 heavy (non-hydrogen) atoms. The van der Waals surface area contributed by atoms with Gasteiger partial charge in [0.25, 0.3) is 0 Å². The third-order valence-electron chi connectivity index (χ3n) is 2.96. The zero-order chi connectivity index (χ0) is 15.6. The summed E-state index contributed by atoms with van der Waals surface area (Å²) in [6.45, 7) is 0. The number of carboxylic acid groups (broad SMARTS) is 1. The molecule has 7 nitrogen and oxygen atoms in total. The van der Waals surface area contributed by atoms with Crippen molar-refractivity contribution in [1.82, 2.24) is 4.90 Å². The van der Waals surface area contributed by atoms with Gasteiger partial charge < -0.3 is 15.3 Å². The number of hydrogen-bond donors (Lipinski definition) is 2. The van der Waals surface area contributed by atoms with Crippen LogP contribution in [0.4, 0.5) is 10.5 Å². The quantitative estimate of drug-likeness (QED) is 0.859. The van der Waals surface area contributed by atoms with Crippen LogP contribution in [0.2, 0.25) is 0 Å². The first-order valence-electron chi connectivity index (χ1n) is 5.97. The molecule has 9 heteroatoms. The van der Waals surface area contributed by atoms with E-state index in [0.717, 1.165) is 6.26 Å². The number of thioether (sulfide) groups is 1. The molecule has 0 aromatic heterocycles. The van der Waals surface area contributed by atoms with Gasteiger partial charge in [0.15, 0.2) is 9.84 Å². The van der Waals surface area contributed by atoms with Gasteiger partial charge in [-0.1, -0.05) is 0 Å². The van der Waals surface area contributed by atoms with Crippen molar-refractivity contribution in [2.45, 2.75) is 10.9 Å². The Bertz CT molecular complexity index is 657. The third kappa shape index (κ3) is 3.67. The maximum Gasteiger partial charge on any atom is 0.327 e. The van der Waals surface area contributed by atoms with E-state index in [0.29, 0.717) is 17.3 Å². The number of hydrogen-bond acceptors (Lipinski definition) is 5. The lowest BCUT2D eigenvalue weighted by molar-refractivity contribution is -0.140. The average Bonchev–Trinajstić information content (AvgIpc) is 2.87. The molecule has 2 N–H and O–H groups in total. The summed E-state index contributed by atoms with van der Waals surface area (Å²) < 4.78 is 22.7. The molecule has 0 aliphatic carbocycles. The first-order chi connectivity index (χ1) is 9.79. The summed E-state index contributed by atoms with van der Waals surface area (Å²) >= 11 is 1.37. The number of nitrogens with zero attached hydrogens (tertiary/aromatic N) is 1. The maximum atomic E-state index is 12.0. The molecule has 0 spiro atoms. The second-order valence-corrected chi connectivity index (χ2v) is 7.57. The molecule has 1 heterocycles. The van der Waals surface area contributed by atoms with E-state index in [-0.39, 0.29) is 4.90 Å².